The second kappa shape index (κ2) is 15.7. The molecule has 0 saturated heterocycles. The number of carbonyl (C=O) groups is 2. The summed E-state index contributed by atoms with van der Waals surface area (Å²) in [7, 11) is 0. The summed E-state index contributed by atoms with van der Waals surface area (Å²) in [6.45, 7) is 10.0. The molecule has 188 valence electrons. The maximum Gasteiger partial charge on any atom is 1.00 e. The first-order chi connectivity index (χ1) is 16.5. The average molecular weight is 562 g/mol. The Morgan fingerprint density at radius 2 is 1.69 bits per heavy atom. The Morgan fingerprint density at radius 1 is 1.08 bits per heavy atom. The number of hydrogen-bond acceptors (Lipinski definition) is 6. The standard InChI is InChI=1S/C20H13Cl2FN3O5.2C2H5.K/c21-13-6-4-10(18(24)27)8-12(13)11-5-7-16(25-9-11)26(20(29,30)31)19(28)17-14(22)2-1-3-15(17)23;2*1-2;/h1-6,8-9,29-31H,(H2,24,27);2*1H2,2H3;/q3*-1;+1. The summed E-state index contributed by atoms with van der Waals surface area (Å²) >= 11 is 12.0. The number of carbonyl (C=O) groups excluding carboxylic acids is 2. The number of primary amides is 1. The fourth-order valence-corrected chi connectivity index (χ4v) is 3.18. The molecule has 2 aromatic carbocycles. The van der Waals surface area contributed by atoms with E-state index in [2.05, 4.69) is 24.9 Å². The molecule has 0 aliphatic rings. The molecule has 0 fully saturated rings. The van der Waals surface area contributed by atoms with Crippen LogP contribution in [0.15, 0.2) is 48.7 Å². The van der Waals surface area contributed by atoms with Crippen molar-refractivity contribution in [2.24, 2.45) is 5.73 Å². The molecule has 5 N–H and O–H groups in total. The van der Waals surface area contributed by atoms with Crippen LogP contribution < -0.4 is 62.0 Å². The number of amides is 2. The Hall–Kier alpha value is -1.44. The van der Waals surface area contributed by atoms with Crippen LogP contribution in [-0.2, 0) is 0 Å². The molecule has 0 aliphatic carbocycles. The normalized spacial score (nSPS) is 10.1. The zero-order valence-electron chi connectivity index (χ0n) is 19.8. The van der Waals surface area contributed by atoms with E-state index in [0.29, 0.717) is 11.1 Å². The topological polar surface area (TPSA) is 137 Å². The molecule has 12 heteroatoms. The van der Waals surface area contributed by atoms with Crippen molar-refractivity contribution in [3.05, 3.63) is 95.6 Å². The molecule has 0 aliphatic heterocycles. The molecule has 0 atom stereocenters. The number of nitrogens with zero attached hydrogens (tertiary/aromatic N) is 2. The van der Waals surface area contributed by atoms with Crippen molar-refractivity contribution in [3.8, 4) is 11.1 Å². The van der Waals surface area contributed by atoms with Gasteiger partial charge in [0.1, 0.15) is 5.82 Å². The number of halogens is 3. The number of benzene rings is 2. The molecule has 0 bridgehead atoms. The Kier molecular flexibility index (Phi) is 15.1. The van der Waals surface area contributed by atoms with E-state index < -0.39 is 35.1 Å². The van der Waals surface area contributed by atoms with Crippen LogP contribution in [-0.4, -0.2) is 38.2 Å². The van der Waals surface area contributed by atoms with Crippen molar-refractivity contribution in [2.75, 3.05) is 4.90 Å². The van der Waals surface area contributed by atoms with Gasteiger partial charge >= 0.3 is 57.5 Å². The minimum atomic E-state index is -3.75. The molecule has 0 saturated carbocycles. The molecule has 36 heavy (non-hydrogen) atoms. The van der Waals surface area contributed by atoms with Crippen LogP contribution >= 0.6 is 23.2 Å². The fraction of sp³-hybridized carbons (Fsp3) is 0.125. The zero-order valence-corrected chi connectivity index (χ0v) is 24.4. The van der Waals surface area contributed by atoms with Gasteiger partial charge in [0.15, 0.2) is 0 Å². The molecule has 1 aromatic heterocycles. The minimum absolute atomic E-state index is 0. The van der Waals surface area contributed by atoms with E-state index in [4.69, 9.17) is 28.9 Å². The van der Waals surface area contributed by atoms with Crippen molar-refractivity contribution in [2.45, 2.75) is 19.9 Å². The second-order valence-electron chi connectivity index (χ2n) is 6.22. The SMILES string of the molecule is NC(=O)c1ccc(Cl)c(-c2c[c-]c(N(C(=O)c3c(F)cccc3Cl)C(O)(O)O)nc2)c1.[CH2-]C.[CH2-]C.[K+]. The van der Waals surface area contributed by atoms with Crippen molar-refractivity contribution in [1.82, 2.24) is 4.98 Å². The average Bonchev–Trinajstić information content (AvgIpc) is 2.81. The molecule has 3 rings (SSSR count). The third-order valence-electron chi connectivity index (χ3n) is 4.14. The van der Waals surface area contributed by atoms with E-state index in [1.54, 1.807) is 13.8 Å². The molecule has 8 nitrogen and oxygen atoms in total. The number of aliphatic hydroxyl groups is 3. The van der Waals surface area contributed by atoms with Crippen molar-refractivity contribution < 1.29 is 80.7 Å². The van der Waals surface area contributed by atoms with Crippen molar-refractivity contribution in [3.63, 3.8) is 0 Å². The van der Waals surface area contributed by atoms with Gasteiger partial charge in [-0.3, -0.25) is 14.6 Å². The summed E-state index contributed by atoms with van der Waals surface area (Å²) in [5.74, 6) is -3.70. The van der Waals surface area contributed by atoms with Crippen molar-refractivity contribution >= 4 is 40.8 Å². The predicted molar refractivity (Wildman–Crippen MR) is 132 cm³/mol. The predicted octanol–water partition coefficient (Wildman–Crippen LogP) is 1.01. The van der Waals surface area contributed by atoms with Gasteiger partial charge in [-0.2, -0.15) is 13.8 Å². The summed E-state index contributed by atoms with van der Waals surface area (Å²) < 4.78 is 14.1. The van der Waals surface area contributed by atoms with E-state index in [0.717, 1.165) is 12.3 Å². The van der Waals surface area contributed by atoms with E-state index >= 15 is 0 Å². The third-order valence-corrected chi connectivity index (χ3v) is 4.78. The van der Waals surface area contributed by atoms with E-state index in [9.17, 15) is 29.3 Å². The number of nitrogens with two attached hydrogens (primary N) is 1. The van der Waals surface area contributed by atoms with Gasteiger partial charge in [-0.25, -0.2) is 21.4 Å². The number of aromatic nitrogens is 1. The number of pyridine rings is 1. The largest absolute Gasteiger partial charge is 1.00 e. The summed E-state index contributed by atoms with van der Waals surface area (Å²) in [6, 6.07) is 11.4. The van der Waals surface area contributed by atoms with Crippen LogP contribution in [0, 0.1) is 25.7 Å². The van der Waals surface area contributed by atoms with Crippen LogP contribution in [0.5, 0.6) is 0 Å². The first-order valence-corrected chi connectivity index (χ1v) is 10.6. The van der Waals surface area contributed by atoms with Gasteiger partial charge in [0, 0.05) is 16.4 Å². The Balaban J connectivity index is 0.00000233. The smallest absolute Gasteiger partial charge is 0.366 e. The maximum absolute atomic E-state index is 14.1. The Morgan fingerprint density at radius 3 is 2.17 bits per heavy atom. The van der Waals surface area contributed by atoms with Gasteiger partial charge in [0.25, 0.3) is 5.91 Å². The molecule has 0 spiro atoms. The van der Waals surface area contributed by atoms with Gasteiger partial charge in [0.2, 0.25) is 5.91 Å². The van der Waals surface area contributed by atoms with Crippen LogP contribution in [0.1, 0.15) is 34.6 Å². The van der Waals surface area contributed by atoms with Crippen LogP contribution in [0.2, 0.25) is 10.0 Å². The Bertz CT molecular complexity index is 1160. The van der Waals surface area contributed by atoms with Gasteiger partial charge in [0.05, 0.1) is 10.6 Å². The zero-order chi connectivity index (χ0) is 26.9. The maximum atomic E-state index is 14.1. The summed E-state index contributed by atoms with van der Waals surface area (Å²) in [6.07, 6.45) is -2.59. The fourth-order valence-electron chi connectivity index (χ4n) is 2.71. The van der Waals surface area contributed by atoms with E-state index in [-0.39, 0.29) is 71.9 Å². The quantitative estimate of drug-likeness (QED) is 0.208. The molecule has 1 heterocycles. The van der Waals surface area contributed by atoms with E-state index in [1.807, 2.05) is 0 Å². The van der Waals surface area contributed by atoms with E-state index in [1.165, 1.54) is 36.4 Å². The van der Waals surface area contributed by atoms with Crippen LogP contribution in [0.25, 0.3) is 11.1 Å². The molecule has 3 aromatic rings. The number of hydrogen-bond donors (Lipinski definition) is 4. The number of anilines is 1. The first kappa shape index (κ1) is 34.6. The van der Waals surface area contributed by atoms with Gasteiger partial charge < -0.3 is 34.9 Å². The van der Waals surface area contributed by atoms with Gasteiger partial charge in [-0.1, -0.05) is 40.9 Å². The monoisotopic (exact) mass is 561 g/mol. The summed E-state index contributed by atoms with van der Waals surface area (Å²) in [5.41, 5.74) is 5.40. The molecular weight excluding hydrogens is 539 g/mol. The third kappa shape index (κ3) is 8.56. The minimum Gasteiger partial charge on any atom is -0.366 e. The molecule has 0 radical (unpaired) electrons. The second-order valence-corrected chi connectivity index (χ2v) is 7.04. The van der Waals surface area contributed by atoms with Crippen LogP contribution in [0.3, 0.4) is 0 Å². The van der Waals surface area contributed by atoms with Gasteiger partial charge in [-0.15, -0.1) is 5.56 Å². The first-order valence-electron chi connectivity index (χ1n) is 9.85. The summed E-state index contributed by atoms with van der Waals surface area (Å²) in [4.78, 5) is 28.0. The Labute approximate surface area is 261 Å². The van der Waals surface area contributed by atoms with Crippen molar-refractivity contribution in [1.29, 1.82) is 0 Å². The molecule has 2 amide bonds. The van der Waals surface area contributed by atoms with Gasteiger partial charge in [-0.05, 0) is 30.5 Å². The molecular formula is C24H23Cl2FKN3O5-2. The molecule has 0 unspecified atom stereocenters. The summed E-state index contributed by atoms with van der Waals surface area (Å²) in [5, 5.41) is 29.0. The number of rotatable bonds is 5. The van der Waals surface area contributed by atoms with Crippen LogP contribution in [0.4, 0.5) is 10.2 Å².